The quantitative estimate of drug-likeness (QED) is 0.275. The Kier molecular flexibility index (Phi) is 2.61. The Balaban J connectivity index is 3.06. The molecule has 5 heteroatoms. The average molecular weight is 281 g/mol. The molecule has 64 valence electrons. The van der Waals surface area contributed by atoms with Gasteiger partial charge < -0.3 is 0 Å². The summed E-state index contributed by atoms with van der Waals surface area (Å²) in [4.78, 5) is 9.29. The van der Waals surface area contributed by atoms with E-state index in [2.05, 4.69) is 0 Å². The highest BCUT2D eigenvalue weighted by atomic mass is 127. The fraction of sp³-hybridized carbons (Fsp3) is 0.143. The summed E-state index contributed by atoms with van der Waals surface area (Å²) in [5, 5.41) is 10.2. The highest BCUT2D eigenvalue weighted by Crippen LogP contribution is 2.33. The van der Waals surface area contributed by atoms with Gasteiger partial charge in [0.1, 0.15) is 0 Å². The Morgan fingerprint density at radius 3 is 2.33 bits per heavy atom. The molecular weight excluding hydrogens is 276 g/mol. The standard InChI is InChI=1S/C7H5FINO2/c8-7(9,10(11)12)6-4-2-1-3-5-6/h1-5H. The first-order valence-electron chi connectivity index (χ1n) is 3.13. The van der Waals surface area contributed by atoms with Crippen molar-refractivity contribution in [3.63, 3.8) is 0 Å². The van der Waals surface area contributed by atoms with Gasteiger partial charge in [-0.2, -0.15) is 4.39 Å². The zero-order valence-electron chi connectivity index (χ0n) is 5.91. The second kappa shape index (κ2) is 3.34. The smallest absolute Gasteiger partial charge is 0.260 e. The van der Waals surface area contributed by atoms with Gasteiger partial charge in [0.2, 0.25) is 0 Å². The maximum atomic E-state index is 13.2. The van der Waals surface area contributed by atoms with Crippen LogP contribution in [0.2, 0.25) is 0 Å². The Morgan fingerprint density at radius 1 is 1.42 bits per heavy atom. The molecule has 0 N–H and O–H groups in total. The molecule has 12 heavy (non-hydrogen) atoms. The molecule has 0 bridgehead atoms. The first-order valence-corrected chi connectivity index (χ1v) is 4.21. The third-order valence-electron chi connectivity index (χ3n) is 1.35. The van der Waals surface area contributed by atoms with E-state index in [-0.39, 0.29) is 5.56 Å². The summed E-state index contributed by atoms with van der Waals surface area (Å²) in [7, 11) is 0. The van der Waals surface area contributed by atoms with Crippen LogP contribution in [0.15, 0.2) is 30.3 Å². The van der Waals surface area contributed by atoms with Crippen molar-refractivity contribution >= 4 is 22.6 Å². The van der Waals surface area contributed by atoms with Crippen LogP contribution in [0.5, 0.6) is 0 Å². The van der Waals surface area contributed by atoms with Crippen LogP contribution in [-0.2, 0) is 3.80 Å². The predicted octanol–water partition coefficient (Wildman–Crippen LogP) is 2.48. The molecule has 0 amide bonds. The van der Waals surface area contributed by atoms with E-state index >= 15 is 0 Å². The van der Waals surface area contributed by atoms with Crippen molar-refractivity contribution in [3.8, 4) is 0 Å². The van der Waals surface area contributed by atoms with Gasteiger partial charge in [-0.05, 0) is 12.1 Å². The summed E-state index contributed by atoms with van der Waals surface area (Å²) in [6.07, 6.45) is 0. The topological polar surface area (TPSA) is 43.1 Å². The highest BCUT2D eigenvalue weighted by Gasteiger charge is 2.41. The summed E-state index contributed by atoms with van der Waals surface area (Å²) in [6, 6.07) is 7.57. The third kappa shape index (κ3) is 1.71. The number of hydrogen-bond acceptors (Lipinski definition) is 2. The van der Waals surface area contributed by atoms with Gasteiger partial charge in [0, 0.05) is 0 Å². The minimum atomic E-state index is -2.51. The molecule has 0 aromatic heterocycles. The minimum absolute atomic E-state index is 0.0515. The molecule has 0 spiro atoms. The fourth-order valence-corrected chi connectivity index (χ4v) is 1.10. The van der Waals surface area contributed by atoms with E-state index in [1.807, 2.05) is 0 Å². The van der Waals surface area contributed by atoms with Crippen molar-refractivity contribution < 1.29 is 9.31 Å². The van der Waals surface area contributed by atoms with Gasteiger partial charge in [0.05, 0.1) is 33.1 Å². The van der Waals surface area contributed by atoms with Gasteiger partial charge in [-0.15, -0.1) is 0 Å². The SMILES string of the molecule is O=[N+]([O-])C(F)(I)c1ccccc1. The molecule has 1 rings (SSSR count). The molecular formula is C7H5FINO2. The van der Waals surface area contributed by atoms with Crippen molar-refractivity contribution in [1.29, 1.82) is 0 Å². The Hall–Kier alpha value is -0.720. The first kappa shape index (κ1) is 9.37. The third-order valence-corrected chi connectivity index (χ3v) is 2.37. The van der Waals surface area contributed by atoms with Crippen LogP contribution >= 0.6 is 22.6 Å². The maximum absolute atomic E-state index is 13.2. The zero-order valence-corrected chi connectivity index (χ0v) is 8.06. The van der Waals surface area contributed by atoms with E-state index in [4.69, 9.17) is 0 Å². The molecule has 0 aliphatic heterocycles. The number of alkyl halides is 2. The van der Waals surface area contributed by atoms with E-state index < -0.39 is 8.72 Å². The second-order valence-electron chi connectivity index (χ2n) is 2.16. The van der Waals surface area contributed by atoms with Gasteiger partial charge in [-0.3, -0.25) is 10.1 Å². The van der Waals surface area contributed by atoms with Crippen LogP contribution in [0.4, 0.5) is 4.39 Å². The number of benzene rings is 1. The van der Waals surface area contributed by atoms with E-state index in [9.17, 15) is 14.5 Å². The lowest BCUT2D eigenvalue weighted by molar-refractivity contribution is -0.571. The van der Waals surface area contributed by atoms with Crippen LogP contribution in [0.25, 0.3) is 0 Å². The van der Waals surface area contributed by atoms with Crippen LogP contribution in [0.1, 0.15) is 5.56 Å². The van der Waals surface area contributed by atoms with Crippen LogP contribution in [-0.4, -0.2) is 4.92 Å². The Bertz CT molecular complexity index is 289. The molecule has 1 aromatic carbocycles. The summed E-state index contributed by atoms with van der Waals surface area (Å²) >= 11 is 1.17. The molecule has 1 atom stereocenters. The van der Waals surface area contributed by atoms with Crippen LogP contribution in [0, 0.1) is 10.1 Å². The summed E-state index contributed by atoms with van der Waals surface area (Å²) in [5.41, 5.74) is 0.0515. The number of hydrogen-bond donors (Lipinski definition) is 0. The molecule has 0 saturated carbocycles. The number of rotatable bonds is 2. The number of halogens is 2. The maximum Gasteiger partial charge on any atom is 0.432 e. The molecule has 0 heterocycles. The molecule has 3 nitrogen and oxygen atoms in total. The Morgan fingerprint density at radius 2 is 1.92 bits per heavy atom. The summed E-state index contributed by atoms with van der Waals surface area (Å²) in [6.45, 7) is 0. The monoisotopic (exact) mass is 281 g/mol. The van der Waals surface area contributed by atoms with Crippen LogP contribution in [0.3, 0.4) is 0 Å². The van der Waals surface area contributed by atoms with E-state index in [1.165, 1.54) is 34.7 Å². The molecule has 1 aromatic rings. The zero-order chi connectivity index (χ0) is 9.19. The van der Waals surface area contributed by atoms with Crippen LogP contribution < -0.4 is 0 Å². The lowest BCUT2D eigenvalue weighted by Gasteiger charge is -2.08. The fourth-order valence-electron chi connectivity index (χ4n) is 0.744. The molecule has 0 fully saturated rings. The normalized spacial score (nSPS) is 15.2. The van der Waals surface area contributed by atoms with Crippen molar-refractivity contribution in [2.75, 3.05) is 0 Å². The van der Waals surface area contributed by atoms with Gasteiger partial charge in [0.25, 0.3) is 0 Å². The lowest BCUT2D eigenvalue weighted by Crippen LogP contribution is -2.22. The highest BCUT2D eigenvalue weighted by molar-refractivity contribution is 14.1. The summed E-state index contributed by atoms with van der Waals surface area (Å²) in [5.74, 6) is 0. The molecule has 0 aliphatic carbocycles. The van der Waals surface area contributed by atoms with Crippen molar-refractivity contribution in [1.82, 2.24) is 0 Å². The largest absolute Gasteiger partial charge is 0.432 e. The van der Waals surface area contributed by atoms with Crippen molar-refractivity contribution in [2.45, 2.75) is 3.80 Å². The van der Waals surface area contributed by atoms with Gasteiger partial charge in [-0.1, -0.05) is 18.2 Å². The van der Waals surface area contributed by atoms with Gasteiger partial charge >= 0.3 is 3.80 Å². The molecule has 0 aliphatic rings. The molecule has 0 radical (unpaired) electrons. The first-order chi connectivity index (χ1) is 5.55. The Labute approximate surface area is 81.9 Å². The van der Waals surface area contributed by atoms with Gasteiger partial charge in [0.15, 0.2) is 0 Å². The second-order valence-corrected chi connectivity index (χ2v) is 3.59. The van der Waals surface area contributed by atoms with Gasteiger partial charge in [-0.25, -0.2) is 0 Å². The van der Waals surface area contributed by atoms with E-state index in [0.29, 0.717) is 0 Å². The number of nitrogens with zero attached hydrogens (tertiary/aromatic N) is 1. The summed E-state index contributed by atoms with van der Waals surface area (Å²) < 4.78 is 10.7. The molecule has 0 saturated heterocycles. The predicted molar refractivity (Wildman–Crippen MR) is 50.2 cm³/mol. The van der Waals surface area contributed by atoms with Crippen molar-refractivity contribution in [2.24, 2.45) is 0 Å². The van der Waals surface area contributed by atoms with E-state index in [1.54, 1.807) is 18.2 Å². The average Bonchev–Trinajstić information content (AvgIpc) is 2.06. The van der Waals surface area contributed by atoms with E-state index in [0.717, 1.165) is 0 Å². The molecule has 1 unspecified atom stereocenters. The number of nitro groups is 1. The lowest BCUT2D eigenvalue weighted by atomic mass is 10.2. The van der Waals surface area contributed by atoms with Crippen molar-refractivity contribution in [3.05, 3.63) is 46.0 Å². The minimum Gasteiger partial charge on any atom is -0.260 e.